The Kier molecular flexibility index (Phi) is 6.65. The molecule has 3 rings (SSSR count). The van der Waals surface area contributed by atoms with E-state index in [1.807, 2.05) is 0 Å². The van der Waals surface area contributed by atoms with Crippen molar-refractivity contribution in [2.24, 2.45) is 0 Å². The summed E-state index contributed by atoms with van der Waals surface area (Å²) in [5.74, 6) is -2.23. The molecule has 0 radical (unpaired) electrons. The largest absolute Gasteiger partial charge is 0.573 e. The third kappa shape index (κ3) is 6.51. The van der Waals surface area contributed by atoms with E-state index in [1.54, 1.807) is 18.2 Å². The lowest BCUT2D eigenvalue weighted by atomic mass is 10.1. The zero-order valence-corrected chi connectivity index (χ0v) is 16.5. The summed E-state index contributed by atoms with van der Waals surface area (Å²) in [6.07, 6.45) is -9.00. The van der Waals surface area contributed by atoms with Crippen molar-refractivity contribution < 1.29 is 35.9 Å². The van der Waals surface area contributed by atoms with Gasteiger partial charge in [-0.2, -0.15) is 13.2 Å². The number of para-hydroxylation sites is 1. The summed E-state index contributed by atoms with van der Waals surface area (Å²) < 4.78 is 80.4. The average Bonchev–Trinajstić information content (AvgIpc) is 2.73. The number of anilines is 2. The Bertz CT molecular complexity index is 1180. The van der Waals surface area contributed by atoms with Crippen molar-refractivity contribution in [1.82, 2.24) is 4.98 Å². The first-order valence-corrected chi connectivity index (χ1v) is 9.21. The minimum atomic E-state index is -5.32. The topological polar surface area (TPSA) is 83.2 Å². The summed E-state index contributed by atoms with van der Waals surface area (Å²) in [6, 6.07) is 10.7. The number of aromatic amines is 1. The smallest absolute Gasteiger partial charge is 0.405 e. The van der Waals surface area contributed by atoms with Gasteiger partial charge in [-0.05, 0) is 35.9 Å². The third-order valence-electron chi connectivity index (χ3n) is 4.27. The minimum absolute atomic E-state index is 0.0751. The van der Waals surface area contributed by atoms with Crippen LogP contribution in [0.25, 0.3) is 0 Å². The summed E-state index contributed by atoms with van der Waals surface area (Å²) in [6.45, 7) is 0.225. The molecule has 1 amide bonds. The Morgan fingerprint density at radius 1 is 0.970 bits per heavy atom. The Morgan fingerprint density at radius 2 is 1.70 bits per heavy atom. The van der Waals surface area contributed by atoms with E-state index in [0.717, 1.165) is 6.07 Å². The molecule has 0 aliphatic carbocycles. The molecule has 0 fully saturated rings. The first kappa shape index (κ1) is 23.7. The van der Waals surface area contributed by atoms with E-state index < -0.39 is 29.8 Å². The molecule has 0 saturated carbocycles. The number of H-pyrrole nitrogens is 1. The summed E-state index contributed by atoms with van der Waals surface area (Å²) in [7, 11) is 0. The van der Waals surface area contributed by atoms with E-state index in [0.29, 0.717) is 23.4 Å². The maximum atomic E-state index is 13.2. The predicted octanol–water partition coefficient (Wildman–Crippen LogP) is 5.16. The molecule has 1 heterocycles. The number of nitrogens with one attached hydrogen (secondary N) is 3. The maximum Gasteiger partial charge on any atom is 0.573 e. The van der Waals surface area contributed by atoms with Crippen molar-refractivity contribution in [2.75, 3.05) is 10.6 Å². The van der Waals surface area contributed by atoms with E-state index in [2.05, 4.69) is 20.4 Å². The van der Waals surface area contributed by atoms with Crippen LogP contribution in [0.2, 0.25) is 0 Å². The number of halogens is 6. The molecule has 0 aliphatic rings. The highest BCUT2D eigenvalue weighted by molar-refractivity contribution is 6.08. The van der Waals surface area contributed by atoms with E-state index in [9.17, 15) is 35.9 Å². The second-order valence-electron chi connectivity index (χ2n) is 6.67. The standard InChI is InChI=1S/C21H15F6N3O3/c22-20(23,24)15-9-13(6-7-17(15)33-21(25,26)27)30-19(32)14-3-1-2-4-16(14)28-10-12-5-8-18(31)29-11-12/h1-9,11,28H,10H2,(H,29,31)(H,30,32). The van der Waals surface area contributed by atoms with Gasteiger partial charge in [-0.25, -0.2) is 0 Å². The van der Waals surface area contributed by atoms with Gasteiger partial charge >= 0.3 is 12.5 Å². The fourth-order valence-corrected chi connectivity index (χ4v) is 2.83. The number of amides is 1. The lowest BCUT2D eigenvalue weighted by molar-refractivity contribution is -0.276. The number of hydrogen-bond donors (Lipinski definition) is 3. The summed E-state index contributed by atoms with van der Waals surface area (Å²) in [4.78, 5) is 26.3. The Morgan fingerprint density at radius 3 is 2.33 bits per heavy atom. The number of benzene rings is 2. The van der Waals surface area contributed by atoms with Gasteiger partial charge in [0.2, 0.25) is 5.56 Å². The highest BCUT2D eigenvalue weighted by atomic mass is 19.4. The fourth-order valence-electron chi connectivity index (χ4n) is 2.83. The number of hydrogen-bond acceptors (Lipinski definition) is 4. The van der Waals surface area contributed by atoms with E-state index >= 15 is 0 Å². The molecule has 1 aromatic heterocycles. The monoisotopic (exact) mass is 471 g/mol. The van der Waals surface area contributed by atoms with Gasteiger partial charge in [0, 0.05) is 30.2 Å². The number of carbonyl (C=O) groups is 1. The van der Waals surface area contributed by atoms with Crippen molar-refractivity contribution in [3.8, 4) is 5.75 Å². The van der Waals surface area contributed by atoms with Gasteiger partial charge in [0.05, 0.1) is 11.1 Å². The van der Waals surface area contributed by atoms with Crippen molar-refractivity contribution >= 4 is 17.3 Å². The van der Waals surface area contributed by atoms with Gasteiger partial charge in [0.15, 0.2) is 0 Å². The van der Waals surface area contributed by atoms with Crippen molar-refractivity contribution in [3.63, 3.8) is 0 Å². The highest BCUT2D eigenvalue weighted by Gasteiger charge is 2.39. The van der Waals surface area contributed by atoms with Crippen LogP contribution in [0.5, 0.6) is 5.75 Å². The second kappa shape index (κ2) is 9.27. The molecule has 0 saturated heterocycles. The quantitative estimate of drug-likeness (QED) is 0.434. The van der Waals surface area contributed by atoms with Gasteiger partial charge < -0.3 is 20.4 Å². The van der Waals surface area contributed by atoms with Crippen LogP contribution >= 0.6 is 0 Å². The molecule has 3 N–H and O–H groups in total. The Hall–Kier alpha value is -3.96. The summed E-state index contributed by atoms with van der Waals surface area (Å²) in [5, 5.41) is 5.22. The van der Waals surface area contributed by atoms with Crippen LogP contribution in [0.15, 0.2) is 65.6 Å². The number of alkyl halides is 6. The molecule has 3 aromatic rings. The van der Waals surface area contributed by atoms with Crippen LogP contribution in [0.1, 0.15) is 21.5 Å². The van der Waals surface area contributed by atoms with Crippen LogP contribution < -0.4 is 20.9 Å². The van der Waals surface area contributed by atoms with Crippen LogP contribution in [-0.2, 0) is 12.7 Å². The molecular weight excluding hydrogens is 456 g/mol. The number of aromatic nitrogens is 1. The zero-order valence-electron chi connectivity index (χ0n) is 16.5. The van der Waals surface area contributed by atoms with E-state index in [4.69, 9.17) is 0 Å². The molecule has 0 unspecified atom stereocenters. The van der Waals surface area contributed by atoms with Crippen LogP contribution in [0.3, 0.4) is 0 Å². The average molecular weight is 471 g/mol. The molecule has 0 atom stereocenters. The number of carbonyl (C=O) groups excluding carboxylic acids is 1. The second-order valence-corrected chi connectivity index (χ2v) is 6.67. The van der Waals surface area contributed by atoms with E-state index in [1.165, 1.54) is 24.4 Å². The van der Waals surface area contributed by atoms with Crippen LogP contribution in [0, 0.1) is 0 Å². The summed E-state index contributed by atoms with van der Waals surface area (Å²) in [5.41, 5.74) is -1.25. The number of rotatable bonds is 6. The molecule has 0 spiro atoms. The molecule has 2 aromatic carbocycles. The number of ether oxygens (including phenoxy) is 1. The third-order valence-corrected chi connectivity index (χ3v) is 4.27. The zero-order chi connectivity index (χ0) is 24.2. The van der Waals surface area contributed by atoms with E-state index in [-0.39, 0.29) is 23.4 Å². The lowest BCUT2D eigenvalue weighted by Crippen LogP contribution is -2.21. The normalized spacial score (nSPS) is 11.7. The number of pyridine rings is 1. The molecule has 0 aliphatic heterocycles. The van der Waals surface area contributed by atoms with Gasteiger partial charge in [-0.3, -0.25) is 9.59 Å². The molecule has 0 bridgehead atoms. The summed E-state index contributed by atoms with van der Waals surface area (Å²) >= 11 is 0. The lowest BCUT2D eigenvalue weighted by Gasteiger charge is -2.17. The fraction of sp³-hybridized carbons (Fsp3) is 0.143. The van der Waals surface area contributed by atoms with Gasteiger partial charge in [0.25, 0.3) is 5.91 Å². The molecule has 6 nitrogen and oxygen atoms in total. The Labute approximate surface area is 182 Å². The highest BCUT2D eigenvalue weighted by Crippen LogP contribution is 2.40. The Balaban J connectivity index is 1.81. The van der Waals surface area contributed by atoms with Gasteiger partial charge in [-0.15, -0.1) is 13.2 Å². The van der Waals surface area contributed by atoms with Gasteiger partial charge in [0.1, 0.15) is 5.75 Å². The molecule has 33 heavy (non-hydrogen) atoms. The minimum Gasteiger partial charge on any atom is -0.405 e. The van der Waals surface area contributed by atoms with Crippen molar-refractivity contribution in [1.29, 1.82) is 0 Å². The SMILES string of the molecule is O=C(Nc1ccc(OC(F)(F)F)c(C(F)(F)F)c1)c1ccccc1NCc1ccc(=O)[nH]c1. The van der Waals surface area contributed by atoms with Crippen molar-refractivity contribution in [3.05, 3.63) is 87.8 Å². The molecule has 174 valence electrons. The van der Waals surface area contributed by atoms with Crippen LogP contribution in [-0.4, -0.2) is 17.3 Å². The van der Waals surface area contributed by atoms with Crippen LogP contribution in [0.4, 0.5) is 37.7 Å². The predicted molar refractivity (Wildman–Crippen MR) is 107 cm³/mol. The maximum absolute atomic E-state index is 13.2. The molecule has 12 heteroatoms. The first-order valence-electron chi connectivity index (χ1n) is 9.21. The first-order chi connectivity index (χ1) is 15.4. The molecular formula is C21H15F6N3O3. The van der Waals surface area contributed by atoms with Gasteiger partial charge in [-0.1, -0.05) is 18.2 Å². The van der Waals surface area contributed by atoms with Crippen molar-refractivity contribution in [2.45, 2.75) is 19.1 Å².